The Bertz CT molecular complexity index is 860. The molecule has 2 aromatic carbocycles. The number of anilines is 3. The molecule has 4 heteroatoms. The van der Waals surface area contributed by atoms with Crippen molar-refractivity contribution in [3.8, 4) is 0 Å². The molecule has 24 heavy (non-hydrogen) atoms. The second kappa shape index (κ2) is 6.32. The molecule has 0 amide bonds. The maximum absolute atomic E-state index is 4.70. The van der Waals surface area contributed by atoms with E-state index in [1.807, 2.05) is 12.3 Å². The van der Waals surface area contributed by atoms with Gasteiger partial charge in [-0.05, 0) is 42.2 Å². The molecule has 120 valence electrons. The summed E-state index contributed by atoms with van der Waals surface area (Å²) < 4.78 is 0. The fourth-order valence-electron chi connectivity index (χ4n) is 3.14. The standard InChI is InChI=1S/C20H20N4/c1-15-6-2-3-8-17(15)14-22-20-21-12-10-19(23-20)24-13-11-16-7-4-5-9-18(16)24/h2-10,12H,11,13-14H2,1H3,(H,21,22,23). The van der Waals surface area contributed by atoms with Crippen LogP contribution in [-0.2, 0) is 13.0 Å². The van der Waals surface area contributed by atoms with Gasteiger partial charge >= 0.3 is 0 Å². The molecule has 4 rings (SSSR count). The first kappa shape index (κ1) is 14.7. The minimum atomic E-state index is 0.667. The highest BCUT2D eigenvalue weighted by molar-refractivity contribution is 5.67. The van der Waals surface area contributed by atoms with Gasteiger partial charge in [-0.15, -0.1) is 0 Å². The van der Waals surface area contributed by atoms with Crippen LogP contribution >= 0.6 is 0 Å². The van der Waals surface area contributed by atoms with Gasteiger partial charge in [0.05, 0.1) is 0 Å². The van der Waals surface area contributed by atoms with E-state index in [9.17, 15) is 0 Å². The first-order valence-electron chi connectivity index (χ1n) is 8.28. The third kappa shape index (κ3) is 2.83. The van der Waals surface area contributed by atoms with Crippen LogP contribution in [0, 0.1) is 6.92 Å². The SMILES string of the molecule is Cc1ccccc1CNc1nccc(N2CCc3ccccc32)n1. The monoisotopic (exact) mass is 316 g/mol. The molecule has 4 nitrogen and oxygen atoms in total. The molecule has 0 fully saturated rings. The third-order valence-corrected chi connectivity index (χ3v) is 4.50. The van der Waals surface area contributed by atoms with Crippen LogP contribution in [-0.4, -0.2) is 16.5 Å². The van der Waals surface area contributed by atoms with Crippen LogP contribution in [0.1, 0.15) is 16.7 Å². The van der Waals surface area contributed by atoms with Crippen LogP contribution in [0.5, 0.6) is 0 Å². The number of fused-ring (bicyclic) bond motifs is 1. The largest absolute Gasteiger partial charge is 0.350 e. The Morgan fingerprint density at radius 2 is 1.88 bits per heavy atom. The predicted molar refractivity (Wildman–Crippen MR) is 97.7 cm³/mol. The van der Waals surface area contributed by atoms with Gasteiger partial charge in [0.2, 0.25) is 5.95 Å². The zero-order valence-corrected chi connectivity index (χ0v) is 13.7. The van der Waals surface area contributed by atoms with Crippen molar-refractivity contribution < 1.29 is 0 Å². The Morgan fingerprint density at radius 3 is 2.79 bits per heavy atom. The zero-order valence-electron chi connectivity index (χ0n) is 13.7. The minimum absolute atomic E-state index is 0.667. The number of hydrogen-bond acceptors (Lipinski definition) is 4. The quantitative estimate of drug-likeness (QED) is 0.787. The van der Waals surface area contributed by atoms with Gasteiger partial charge in [-0.1, -0.05) is 42.5 Å². The van der Waals surface area contributed by atoms with Crippen molar-refractivity contribution in [2.75, 3.05) is 16.8 Å². The highest BCUT2D eigenvalue weighted by atomic mass is 15.2. The average molecular weight is 316 g/mol. The smallest absolute Gasteiger partial charge is 0.224 e. The van der Waals surface area contributed by atoms with Gasteiger partial charge in [0.15, 0.2) is 0 Å². The fraction of sp³-hybridized carbons (Fsp3) is 0.200. The van der Waals surface area contributed by atoms with E-state index in [1.54, 1.807) is 0 Å². The van der Waals surface area contributed by atoms with Crippen LogP contribution in [0.15, 0.2) is 60.8 Å². The molecule has 3 aromatic rings. The summed E-state index contributed by atoms with van der Waals surface area (Å²) in [5.74, 6) is 1.61. The lowest BCUT2D eigenvalue weighted by molar-refractivity contribution is 0.956. The van der Waals surface area contributed by atoms with Crippen molar-refractivity contribution in [3.63, 3.8) is 0 Å². The van der Waals surface area contributed by atoms with Gasteiger partial charge in [0.25, 0.3) is 0 Å². The van der Waals surface area contributed by atoms with E-state index < -0.39 is 0 Å². The number of para-hydroxylation sites is 1. The molecule has 0 atom stereocenters. The van der Waals surface area contributed by atoms with E-state index in [4.69, 9.17) is 4.98 Å². The third-order valence-electron chi connectivity index (χ3n) is 4.50. The van der Waals surface area contributed by atoms with E-state index in [2.05, 4.69) is 70.7 Å². The number of rotatable bonds is 4. The number of nitrogens with zero attached hydrogens (tertiary/aromatic N) is 3. The summed E-state index contributed by atoms with van der Waals surface area (Å²) in [5, 5.41) is 3.34. The molecule has 0 saturated carbocycles. The Labute approximate surface area is 142 Å². The van der Waals surface area contributed by atoms with Crippen LogP contribution in [0.3, 0.4) is 0 Å². The molecule has 1 N–H and O–H groups in total. The Kier molecular flexibility index (Phi) is 3.87. The summed E-state index contributed by atoms with van der Waals surface area (Å²) in [4.78, 5) is 11.3. The number of aryl methyl sites for hydroxylation is 1. The van der Waals surface area contributed by atoms with E-state index in [0.717, 1.165) is 25.3 Å². The van der Waals surface area contributed by atoms with Gasteiger partial charge in [0.1, 0.15) is 5.82 Å². The second-order valence-electron chi connectivity index (χ2n) is 6.05. The molecule has 0 spiro atoms. The summed E-state index contributed by atoms with van der Waals surface area (Å²) in [6.07, 6.45) is 2.88. The summed E-state index contributed by atoms with van der Waals surface area (Å²) in [7, 11) is 0. The predicted octanol–water partition coefficient (Wildman–Crippen LogP) is 4.09. The van der Waals surface area contributed by atoms with Crippen LogP contribution in [0.4, 0.5) is 17.5 Å². The lowest BCUT2D eigenvalue weighted by Gasteiger charge is -2.18. The van der Waals surface area contributed by atoms with Crippen molar-refractivity contribution in [2.45, 2.75) is 19.9 Å². The fourth-order valence-corrected chi connectivity index (χ4v) is 3.14. The molecule has 0 bridgehead atoms. The van der Waals surface area contributed by atoms with Crippen molar-refractivity contribution in [3.05, 3.63) is 77.5 Å². The summed E-state index contributed by atoms with van der Waals surface area (Å²) in [5.41, 5.74) is 5.17. The highest BCUT2D eigenvalue weighted by Crippen LogP contribution is 2.33. The first-order valence-corrected chi connectivity index (χ1v) is 8.28. The van der Waals surface area contributed by atoms with Gasteiger partial charge in [-0.25, -0.2) is 4.98 Å². The number of aromatic nitrogens is 2. The average Bonchev–Trinajstić information content (AvgIpc) is 3.05. The van der Waals surface area contributed by atoms with Crippen LogP contribution < -0.4 is 10.2 Å². The summed E-state index contributed by atoms with van der Waals surface area (Å²) in [6, 6.07) is 18.9. The Hall–Kier alpha value is -2.88. The number of nitrogens with one attached hydrogen (secondary N) is 1. The van der Waals surface area contributed by atoms with Crippen molar-refractivity contribution in [2.24, 2.45) is 0 Å². The molecule has 0 aliphatic carbocycles. The van der Waals surface area contributed by atoms with Gasteiger partial charge < -0.3 is 10.2 Å². The maximum Gasteiger partial charge on any atom is 0.224 e. The number of hydrogen-bond donors (Lipinski definition) is 1. The summed E-state index contributed by atoms with van der Waals surface area (Å²) in [6.45, 7) is 3.82. The lowest BCUT2D eigenvalue weighted by Crippen LogP contribution is -2.16. The molecule has 0 radical (unpaired) electrons. The molecule has 1 aromatic heterocycles. The maximum atomic E-state index is 4.70. The molecule has 2 heterocycles. The van der Waals surface area contributed by atoms with Crippen LogP contribution in [0.2, 0.25) is 0 Å². The van der Waals surface area contributed by atoms with Crippen molar-refractivity contribution in [1.29, 1.82) is 0 Å². The Morgan fingerprint density at radius 1 is 1.04 bits per heavy atom. The topological polar surface area (TPSA) is 41.1 Å². The van der Waals surface area contributed by atoms with Gasteiger partial charge in [-0.2, -0.15) is 4.98 Å². The highest BCUT2D eigenvalue weighted by Gasteiger charge is 2.20. The molecule has 0 unspecified atom stereocenters. The first-order chi connectivity index (χ1) is 11.8. The van der Waals surface area contributed by atoms with Gasteiger partial charge in [0, 0.05) is 25.0 Å². The lowest BCUT2D eigenvalue weighted by atomic mass is 10.1. The van der Waals surface area contributed by atoms with E-state index in [1.165, 1.54) is 22.4 Å². The second-order valence-corrected chi connectivity index (χ2v) is 6.05. The molecular weight excluding hydrogens is 296 g/mol. The van der Waals surface area contributed by atoms with E-state index >= 15 is 0 Å². The van der Waals surface area contributed by atoms with Crippen molar-refractivity contribution in [1.82, 2.24) is 9.97 Å². The van der Waals surface area contributed by atoms with Crippen molar-refractivity contribution >= 4 is 17.5 Å². The number of benzene rings is 2. The summed E-state index contributed by atoms with van der Waals surface area (Å²) >= 11 is 0. The molecule has 1 aliphatic rings. The molecular formula is C20H20N4. The minimum Gasteiger partial charge on any atom is -0.350 e. The van der Waals surface area contributed by atoms with E-state index in [-0.39, 0.29) is 0 Å². The zero-order chi connectivity index (χ0) is 16.4. The van der Waals surface area contributed by atoms with Gasteiger partial charge in [-0.3, -0.25) is 0 Å². The molecule has 0 saturated heterocycles. The van der Waals surface area contributed by atoms with Crippen LogP contribution in [0.25, 0.3) is 0 Å². The normalized spacial score (nSPS) is 13.0. The van der Waals surface area contributed by atoms with E-state index in [0.29, 0.717) is 5.95 Å². The Balaban J connectivity index is 1.54. The molecule has 1 aliphatic heterocycles.